The van der Waals surface area contributed by atoms with Crippen molar-refractivity contribution in [2.75, 3.05) is 13.2 Å². The van der Waals surface area contributed by atoms with E-state index in [0.29, 0.717) is 19.6 Å². The van der Waals surface area contributed by atoms with Crippen LogP contribution in [0, 0.1) is 11.8 Å². The van der Waals surface area contributed by atoms with Crippen molar-refractivity contribution < 1.29 is 19.1 Å². The highest BCUT2D eigenvalue weighted by atomic mass is 16.5. The van der Waals surface area contributed by atoms with Crippen LogP contribution in [0.2, 0.25) is 0 Å². The van der Waals surface area contributed by atoms with E-state index in [0.717, 1.165) is 25.7 Å². The van der Waals surface area contributed by atoms with Gasteiger partial charge in [-0.1, -0.05) is 26.2 Å². The Morgan fingerprint density at radius 1 is 1.05 bits per heavy atom. The van der Waals surface area contributed by atoms with Gasteiger partial charge < -0.3 is 9.47 Å². The Morgan fingerprint density at radius 3 is 2.20 bits per heavy atom. The number of Topliss-reactive ketones (excluding diaryl/α,β-unsaturated/α-hetero) is 1. The normalized spacial score (nSPS) is 19.4. The van der Waals surface area contributed by atoms with Crippen LogP contribution < -0.4 is 0 Å². The van der Waals surface area contributed by atoms with Gasteiger partial charge in [-0.05, 0) is 39.0 Å². The van der Waals surface area contributed by atoms with Crippen molar-refractivity contribution in [2.45, 2.75) is 65.4 Å². The Hall–Kier alpha value is -0.900. The highest BCUT2D eigenvalue weighted by Gasteiger charge is 2.37. The van der Waals surface area contributed by atoms with Gasteiger partial charge in [0.1, 0.15) is 12.0 Å². The van der Waals surface area contributed by atoms with Crippen LogP contribution in [-0.2, 0) is 19.1 Å². The summed E-state index contributed by atoms with van der Waals surface area (Å²) in [4.78, 5) is 24.6. The summed E-state index contributed by atoms with van der Waals surface area (Å²) in [5.41, 5.74) is 0. The zero-order valence-corrected chi connectivity index (χ0v) is 13.0. The SMILES string of the molecule is CCOC(=O)C(CC)C(=O)C(OCC)C1CCCCC1. The summed E-state index contributed by atoms with van der Waals surface area (Å²) in [5.74, 6) is -0.895. The molecule has 0 aromatic carbocycles. The van der Waals surface area contributed by atoms with E-state index in [1.54, 1.807) is 6.92 Å². The Labute approximate surface area is 122 Å². The molecular formula is C16H28O4. The van der Waals surface area contributed by atoms with Crippen molar-refractivity contribution in [3.8, 4) is 0 Å². The van der Waals surface area contributed by atoms with Crippen LogP contribution in [0.15, 0.2) is 0 Å². The predicted octanol–water partition coefficient (Wildman–Crippen LogP) is 3.13. The molecular weight excluding hydrogens is 256 g/mol. The summed E-state index contributed by atoms with van der Waals surface area (Å²) >= 11 is 0. The first-order valence-corrected chi connectivity index (χ1v) is 7.97. The minimum Gasteiger partial charge on any atom is -0.465 e. The maximum absolute atomic E-state index is 12.7. The molecule has 116 valence electrons. The minimum absolute atomic E-state index is 0.0836. The molecule has 1 aliphatic carbocycles. The van der Waals surface area contributed by atoms with Crippen LogP contribution in [0.1, 0.15) is 59.3 Å². The maximum atomic E-state index is 12.7. The fourth-order valence-electron chi connectivity index (χ4n) is 2.99. The monoisotopic (exact) mass is 284 g/mol. The van der Waals surface area contributed by atoms with Gasteiger partial charge in [0.05, 0.1) is 6.61 Å². The summed E-state index contributed by atoms with van der Waals surface area (Å²) in [5, 5.41) is 0. The molecule has 0 heterocycles. The van der Waals surface area contributed by atoms with Gasteiger partial charge in [0.2, 0.25) is 0 Å². The quantitative estimate of drug-likeness (QED) is 0.507. The van der Waals surface area contributed by atoms with Crippen molar-refractivity contribution in [1.29, 1.82) is 0 Å². The number of ether oxygens (including phenoxy) is 2. The fraction of sp³-hybridized carbons (Fsp3) is 0.875. The van der Waals surface area contributed by atoms with E-state index in [9.17, 15) is 9.59 Å². The van der Waals surface area contributed by atoms with Crippen LogP contribution in [0.5, 0.6) is 0 Å². The molecule has 1 fully saturated rings. The van der Waals surface area contributed by atoms with E-state index < -0.39 is 18.0 Å². The molecule has 0 N–H and O–H groups in total. The van der Waals surface area contributed by atoms with E-state index >= 15 is 0 Å². The van der Waals surface area contributed by atoms with Crippen LogP contribution >= 0.6 is 0 Å². The van der Waals surface area contributed by atoms with E-state index in [4.69, 9.17) is 9.47 Å². The second kappa shape index (κ2) is 9.11. The number of hydrogen-bond acceptors (Lipinski definition) is 4. The van der Waals surface area contributed by atoms with Gasteiger partial charge in [0, 0.05) is 6.61 Å². The van der Waals surface area contributed by atoms with Gasteiger partial charge in [-0.2, -0.15) is 0 Å². The molecule has 0 amide bonds. The first-order chi connectivity index (χ1) is 9.65. The second-order valence-corrected chi connectivity index (χ2v) is 5.39. The van der Waals surface area contributed by atoms with Gasteiger partial charge >= 0.3 is 5.97 Å². The second-order valence-electron chi connectivity index (χ2n) is 5.39. The average molecular weight is 284 g/mol. The molecule has 1 saturated carbocycles. The van der Waals surface area contributed by atoms with Crippen molar-refractivity contribution in [2.24, 2.45) is 11.8 Å². The smallest absolute Gasteiger partial charge is 0.316 e. The summed E-state index contributed by atoms with van der Waals surface area (Å²) < 4.78 is 10.7. The zero-order valence-electron chi connectivity index (χ0n) is 13.0. The molecule has 2 unspecified atom stereocenters. The molecule has 20 heavy (non-hydrogen) atoms. The lowest BCUT2D eigenvalue weighted by Crippen LogP contribution is -2.41. The van der Waals surface area contributed by atoms with Crippen molar-refractivity contribution in [3.63, 3.8) is 0 Å². The highest BCUT2D eigenvalue weighted by molar-refractivity contribution is 6.01. The van der Waals surface area contributed by atoms with E-state index in [1.165, 1.54) is 6.42 Å². The third kappa shape index (κ3) is 4.58. The molecule has 0 aliphatic heterocycles. The average Bonchev–Trinajstić information content (AvgIpc) is 2.46. The number of carbonyl (C=O) groups is 2. The lowest BCUT2D eigenvalue weighted by atomic mass is 9.80. The number of carbonyl (C=O) groups excluding carboxylic acids is 2. The van der Waals surface area contributed by atoms with Gasteiger partial charge in [-0.3, -0.25) is 9.59 Å². The summed E-state index contributed by atoms with van der Waals surface area (Å²) in [6.07, 6.45) is 5.63. The number of ketones is 1. The van der Waals surface area contributed by atoms with Crippen molar-refractivity contribution in [3.05, 3.63) is 0 Å². The standard InChI is InChI=1S/C16H28O4/c1-4-13(16(18)20-6-3)14(17)15(19-5-2)12-10-8-7-9-11-12/h12-13,15H,4-11H2,1-3H3. The van der Waals surface area contributed by atoms with Crippen molar-refractivity contribution in [1.82, 2.24) is 0 Å². The molecule has 4 nitrogen and oxygen atoms in total. The summed E-state index contributed by atoms with van der Waals surface area (Å²) in [6.45, 7) is 6.32. The molecule has 0 aromatic heterocycles. The third-order valence-electron chi connectivity index (χ3n) is 4.03. The van der Waals surface area contributed by atoms with Gasteiger partial charge in [0.25, 0.3) is 0 Å². The van der Waals surface area contributed by atoms with Crippen LogP contribution in [0.3, 0.4) is 0 Å². The first kappa shape index (κ1) is 17.2. The van der Waals surface area contributed by atoms with E-state index in [2.05, 4.69) is 0 Å². The Balaban J connectivity index is 2.76. The lowest BCUT2D eigenvalue weighted by molar-refractivity contribution is -0.156. The van der Waals surface area contributed by atoms with Crippen molar-refractivity contribution >= 4 is 11.8 Å². The number of hydrogen-bond donors (Lipinski definition) is 0. The molecule has 0 spiro atoms. The fourth-order valence-corrected chi connectivity index (χ4v) is 2.99. The Morgan fingerprint density at radius 2 is 1.70 bits per heavy atom. The molecule has 0 bridgehead atoms. The molecule has 1 rings (SSSR count). The van der Waals surface area contributed by atoms with Gasteiger partial charge in [-0.15, -0.1) is 0 Å². The van der Waals surface area contributed by atoms with Crippen LogP contribution in [-0.4, -0.2) is 31.1 Å². The van der Waals surface area contributed by atoms with Gasteiger partial charge in [0.15, 0.2) is 5.78 Å². The molecule has 0 aromatic rings. The Bertz CT molecular complexity index is 308. The Kier molecular flexibility index (Phi) is 7.82. The minimum atomic E-state index is -0.673. The van der Waals surface area contributed by atoms with Crippen LogP contribution in [0.4, 0.5) is 0 Å². The van der Waals surface area contributed by atoms with E-state index in [-0.39, 0.29) is 11.7 Å². The largest absolute Gasteiger partial charge is 0.465 e. The summed E-state index contributed by atoms with van der Waals surface area (Å²) in [6, 6.07) is 0. The lowest BCUT2D eigenvalue weighted by Gasteiger charge is -2.30. The molecule has 1 aliphatic rings. The number of esters is 1. The molecule has 0 saturated heterocycles. The highest BCUT2D eigenvalue weighted by Crippen LogP contribution is 2.30. The predicted molar refractivity (Wildman–Crippen MR) is 77.4 cm³/mol. The molecule has 4 heteroatoms. The molecule has 0 radical (unpaired) electrons. The maximum Gasteiger partial charge on any atom is 0.316 e. The number of rotatable bonds is 8. The van der Waals surface area contributed by atoms with E-state index in [1.807, 2.05) is 13.8 Å². The van der Waals surface area contributed by atoms with Crippen LogP contribution in [0.25, 0.3) is 0 Å². The third-order valence-corrected chi connectivity index (χ3v) is 4.03. The van der Waals surface area contributed by atoms with Gasteiger partial charge in [-0.25, -0.2) is 0 Å². The zero-order chi connectivity index (χ0) is 15.0. The molecule has 2 atom stereocenters. The topological polar surface area (TPSA) is 52.6 Å². The first-order valence-electron chi connectivity index (χ1n) is 7.97. The summed E-state index contributed by atoms with van der Waals surface area (Å²) in [7, 11) is 0.